The molecule has 1 rings (SSSR count). The highest BCUT2D eigenvalue weighted by atomic mass is 16.5. The van der Waals surface area contributed by atoms with Crippen LogP contribution in [0.2, 0.25) is 0 Å². The number of ether oxygens (including phenoxy) is 1. The lowest BCUT2D eigenvalue weighted by molar-refractivity contribution is 0.0420. The number of hydrogen-bond acceptors (Lipinski definition) is 3. The van der Waals surface area contributed by atoms with Crippen LogP contribution >= 0.6 is 0 Å². The predicted octanol–water partition coefficient (Wildman–Crippen LogP) is 0.527. The van der Waals surface area contributed by atoms with Crippen LogP contribution in [0.5, 0.6) is 0 Å². The Kier molecular flexibility index (Phi) is 5.32. The molecule has 0 bridgehead atoms. The number of nitrogens with one attached hydrogen (secondary N) is 1. The van der Waals surface area contributed by atoms with E-state index in [4.69, 9.17) is 9.84 Å². The standard InChI is InChI=1S/C9H19NO2/c11-6-3-7-12-9-4-1-2-5-10-8-9/h9-11H,1-8H2. The highest BCUT2D eigenvalue weighted by Crippen LogP contribution is 2.07. The third kappa shape index (κ3) is 4.04. The molecule has 1 aliphatic rings. The third-order valence-electron chi connectivity index (χ3n) is 2.16. The van der Waals surface area contributed by atoms with E-state index in [2.05, 4.69) is 5.32 Å². The van der Waals surface area contributed by atoms with E-state index in [1.54, 1.807) is 0 Å². The van der Waals surface area contributed by atoms with Crippen molar-refractivity contribution in [2.45, 2.75) is 31.8 Å². The lowest BCUT2D eigenvalue weighted by Gasteiger charge is -2.14. The summed E-state index contributed by atoms with van der Waals surface area (Å²) in [5.74, 6) is 0. The third-order valence-corrected chi connectivity index (χ3v) is 2.16. The largest absolute Gasteiger partial charge is 0.396 e. The van der Waals surface area contributed by atoms with E-state index in [0.717, 1.165) is 19.5 Å². The highest BCUT2D eigenvalue weighted by molar-refractivity contribution is 4.66. The Morgan fingerprint density at radius 1 is 1.42 bits per heavy atom. The van der Waals surface area contributed by atoms with Gasteiger partial charge < -0.3 is 15.2 Å². The number of aliphatic hydroxyl groups is 1. The van der Waals surface area contributed by atoms with Gasteiger partial charge in [-0.15, -0.1) is 0 Å². The molecule has 0 aromatic carbocycles. The van der Waals surface area contributed by atoms with Crippen molar-refractivity contribution in [2.75, 3.05) is 26.3 Å². The van der Waals surface area contributed by atoms with Crippen molar-refractivity contribution < 1.29 is 9.84 Å². The topological polar surface area (TPSA) is 41.5 Å². The molecule has 0 radical (unpaired) electrons. The Bertz CT molecular complexity index is 101. The summed E-state index contributed by atoms with van der Waals surface area (Å²) >= 11 is 0. The van der Waals surface area contributed by atoms with E-state index in [1.807, 2.05) is 0 Å². The lowest BCUT2D eigenvalue weighted by atomic mass is 10.2. The normalized spacial score (nSPS) is 25.2. The van der Waals surface area contributed by atoms with E-state index in [9.17, 15) is 0 Å². The van der Waals surface area contributed by atoms with Gasteiger partial charge in [0.2, 0.25) is 0 Å². The maximum Gasteiger partial charge on any atom is 0.0699 e. The van der Waals surface area contributed by atoms with E-state index >= 15 is 0 Å². The van der Waals surface area contributed by atoms with Gasteiger partial charge in [-0.2, -0.15) is 0 Å². The average Bonchev–Trinajstić information content (AvgIpc) is 2.33. The van der Waals surface area contributed by atoms with Gasteiger partial charge in [-0.1, -0.05) is 0 Å². The maximum atomic E-state index is 8.56. The summed E-state index contributed by atoms with van der Waals surface area (Å²) in [5.41, 5.74) is 0. The van der Waals surface area contributed by atoms with Crippen LogP contribution in [0.3, 0.4) is 0 Å². The van der Waals surface area contributed by atoms with Gasteiger partial charge in [0.25, 0.3) is 0 Å². The second-order valence-electron chi connectivity index (χ2n) is 3.27. The van der Waals surface area contributed by atoms with Gasteiger partial charge in [0, 0.05) is 19.8 Å². The summed E-state index contributed by atoms with van der Waals surface area (Å²) in [6, 6.07) is 0. The predicted molar refractivity (Wildman–Crippen MR) is 48.2 cm³/mol. The average molecular weight is 173 g/mol. The molecule has 2 N–H and O–H groups in total. The van der Waals surface area contributed by atoms with Crippen LogP contribution in [0.4, 0.5) is 0 Å². The fourth-order valence-electron chi connectivity index (χ4n) is 1.44. The van der Waals surface area contributed by atoms with E-state index in [0.29, 0.717) is 12.7 Å². The summed E-state index contributed by atoms with van der Waals surface area (Å²) < 4.78 is 5.58. The highest BCUT2D eigenvalue weighted by Gasteiger charge is 2.10. The summed E-state index contributed by atoms with van der Waals surface area (Å²) in [7, 11) is 0. The van der Waals surface area contributed by atoms with Crippen molar-refractivity contribution in [3.8, 4) is 0 Å². The Labute approximate surface area is 74.1 Å². The van der Waals surface area contributed by atoms with E-state index in [1.165, 1.54) is 19.3 Å². The maximum absolute atomic E-state index is 8.56. The molecule has 72 valence electrons. The second-order valence-corrected chi connectivity index (χ2v) is 3.27. The van der Waals surface area contributed by atoms with Crippen molar-refractivity contribution >= 4 is 0 Å². The quantitative estimate of drug-likeness (QED) is 0.609. The molecule has 12 heavy (non-hydrogen) atoms. The number of rotatable bonds is 4. The Morgan fingerprint density at radius 2 is 2.33 bits per heavy atom. The molecule has 1 heterocycles. The Morgan fingerprint density at radius 3 is 3.17 bits per heavy atom. The smallest absolute Gasteiger partial charge is 0.0699 e. The SMILES string of the molecule is OCCCOC1CCCCNC1. The second kappa shape index (κ2) is 6.40. The monoisotopic (exact) mass is 173 g/mol. The van der Waals surface area contributed by atoms with E-state index < -0.39 is 0 Å². The van der Waals surface area contributed by atoms with E-state index in [-0.39, 0.29) is 6.61 Å². The first-order chi connectivity index (χ1) is 5.93. The summed E-state index contributed by atoms with van der Waals surface area (Å²) in [6.45, 7) is 3.04. The zero-order chi connectivity index (χ0) is 8.65. The Hall–Kier alpha value is -0.120. The molecule has 1 aliphatic heterocycles. The molecule has 3 heteroatoms. The number of aliphatic hydroxyl groups excluding tert-OH is 1. The first-order valence-electron chi connectivity index (χ1n) is 4.86. The van der Waals surface area contributed by atoms with Crippen LogP contribution in [0.1, 0.15) is 25.7 Å². The van der Waals surface area contributed by atoms with Crippen molar-refractivity contribution in [1.29, 1.82) is 0 Å². The van der Waals surface area contributed by atoms with Gasteiger partial charge in [-0.3, -0.25) is 0 Å². The van der Waals surface area contributed by atoms with Crippen molar-refractivity contribution in [2.24, 2.45) is 0 Å². The molecule has 3 nitrogen and oxygen atoms in total. The minimum absolute atomic E-state index is 0.236. The van der Waals surface area contributed by atoms with Gasteiger partial charge >= 0.3 is 0 Å². The molecule has 1 atom stereocenters. The molecular weight excluding hydrogens is 154 g/mol. The fraction of sp³-hybridized carbons (Fsp3) is 1.00. The van der Waals surface area contributed by atoms with Gasteiger partial charge in [-0.05, 0) is 32.2 Å². The zero-order valence-electron chi connectivity index (χ0n) is 7.59. The molecule has 0 saturated carbocycles. The van der Waals surface area contributed by atoms with Gasteiger partial charge in [0.05, 0.1) is 6.10 Å². The van der Waals surface area contributed by atoms with Gasteiger partial charge in [-0.25, -0.2) is 0 Å². The molecule has 0 aromatic heterocycles. The van der Waals surface area contributed by atoms with Crippen LogP contribution in [-0.2, 0) is 4.74 Å². The Balaban J connectivity index is 2.04. The summed E-state index contributed by atoms with van der Waals surface area (Å²) in [6.07, 6.45) is 4.82. The first kappa shape index (κ1) is 9.96. The molecule has 0 aromatic rings. The molecular formula is C9H19NO2. The minimum Gasteiger partial charge on any atom is -0.396 e. The van der Waals surface area contributed by atoms with Gasteiger partial charge in [0.15, 0.2) is 0 Å². The lowest BCUT2D eigenvalue weighted by Crippen LogP contribution is -2.27. The van der Waals surface area contributed by atoms with Crippen LogP contribution < -0.4 is 5.32 Å². The van der Waals surface area contributed by atoms with Crippen LogP contribution in [0, 0.1) is 0 Å². The first-order valence-corrected chi connectivity index (χ1v) is 4.86. The van der Waals surface area contributed by atoms with Crippen LogP contribution in [0.25, 0.3) is 0 Å². The van der Waals surface area contributed by atoms with Crippen molar-refractivity contribution in [1.82, 2.24) is 5.32 Å². The molecule has 1 saturated heterocycles. The summed E-state index contributed by atoms with van der Waals surface area (Å²) in [5, 5.41) is 11.9. The minimum atomic E-state index is 0.236. The molecule has 1 fully saturated rings. The summed E-state index contributed by atoms with van der Waals surface area (Å²) in [4.78, 5) is 0. The number of hydrogen-bond donors (Lipinski definition) is 2. The van der Waals surface area contributed by atoms with Crippen molar-refractivity contribution in [3.63, 3.8) is 0 Å². The van der Waals surface area contributed by atoms with Crippen molar-refractivity contribution in [3.05, 3.63) is 0 Å². The molecule has 0 spiro atoms. The zero-order valence-corrected chi connectivity index (χ0v) is 7.59. The van der Waals surface area contributed by atoms with Crippen LogP contribution in [0.15, 0.2) is 0 Å². The van der Waals surface area contributed by atoms with Crippen LogP contribution in [-0.4, -0.2) is 37.5 Å². The molecule has 1 unspecified atom stereocenters. The molecule has 0 amide bonds. The molecule has 0 aliphatic carbocycles. The fourth-order valence-corrected chi connectivity index (χ4v) is 1.44. The van der Waals surface area contributed by atoms with Gasteiger partial charge in [0.1, 0.15) is 0 Å².